The van der Waals surface area contributed by atoms with E-state index < -0.39 is 5.82 Å². The first kappa shape index (κ1) is 14.4. The number of hydrogen-bond acceptors (Lipinski definition) is 2. The van der Waals surface area contributed by atoms with Gasteiger partial charge in [0.2, 0.25) is 0 Å². The van der Waals surface area contributed by atoms with Gasteiger partial charge in [-0.3, -0.25) is 4.90 Å². The SMILES string of the molecule is CCC[C@H](c1c(F)ccc(C)c1F)N1CCNCC1. The summed E-state index contributed by atoms with van der Waals surface area (Å²) in [5.74, 6) is -0.794. The molecule has 2 nitrogen and oxygen atoms in total. The molecule has 1 aliphatic heterocycles. The minimum Gasteiger partial charge on any atom is -0.314 e. The fourth-order valence-corrected chi connectivity index (χ4v) is 2.76. The van der Waals surface area contributed by atoms with Crippen molar-refractivity contribution in [1.29, 1.82) is 0 Å². The molecule has 1 atom stereocenters. The Hall–Kier alpha value is -1.00. The van der Waals surface area contributed by atoms with Gasteiger partial charge in [-0.2, -0.15) is 0 Å². The quantitative estimate of drug-likeness (QED) is 0.903. The maximum absolute atomic E-state index is 14.3. The molecule has 106 valence electrons. The third-order valence-corrected chi connectivity index (χ3v) is 3.81. The molecule has 1 fully saturated rings. The summed E-state index contributed by atoms with van der Waals surface area (Å²) in [6.45, 7) is 7.21. The molecule has 1 saturated heterocycles. The highest BCUT2D eigenvalue weighted by atomic mass is 19.1. The normalized spacial score (nSPS) is 18.5. The Kier molecular flexibility index (Phi) is 4.88. The maximum atomic E-state index is 14.3. The zero-order valence-corrected chi connectivity index (χ0v) is 11.7. The second kappa shape index (κ2) is 6.44. The van der Waals surface area contributed by atoms with Gasteiger partial charge >= 0.3 is 0 Å². The van der Waals surface area contributed by atoms with E-state index in [-0.39, 0.29) is 17.4 Å². The summed E-state index contributed by atoms with van der Waals surface area (Å²) in [6.07, 6.45) is 1.71. The smallest absolute Gasteiger partial charge is 0.133 e. The molecule has 0 unspecified atom stereocenters. The largest absolute Gasteiger partial charge is 0.314 e. The van der Waals surface area contributed by atoms with Crippen LogP contribution < -0.4 is 5.32 Å². The van der Waals surface area contributed by atoms with Gasteiger partial charge in [-0.1, -0.05) is 19.4 Å². The summed E-state index contributed by atoms with van der Waals surface area (Å²) in [5, 5.41) is 3.27. The van der Waals surface area contributed by atoms with Gasteiger partial charge in [0.25, 0.3) is 0 Å². The Morgan fingerprint density at radius 3 is 2.58 bits per heavy atom. The fraction of sp³-hybridized carbons (Fsp3) is 0.600. The standard InChI is InChI=1S/C15H22F2N2/c1-3-4-13(19-9-7-18-8-10-19)14-12(16)6-5-11(2)15(14)17/h5-6,13,18H,3-4,7-10H2,1-2H3/t13-/m1/s1. The van der Waals surface area contributed by atoms with Gasteiger partial charge in [0, 0.05) is 37.8 Å². The Morgan fingerprint density at radius 1 is 1.26 bits per heavy atom. The Labute approximate surface area is 113 Å². The number of piperazine rings is 1. The molecule has 0 spiro atoms. The van der Waals surface area contributed by atoms with Crippen molar-refractivity contribution in [3.8, 4) is 0 Å². The lowest BCUT2D eigenvalue weighted by Gasteiger charge is -2.35. The first-order chi connectivity index (χ1) is 9.15. The van der Waals surface area contributed by atoms with Crippen LogP contribution in [0.1, 0.15) is 36.9 Å². The average Bonchev–Trinajstić information content (AvgIpc) is 2.43. The van der Waals surface area contributed by atoms with Gasteiger partial charge in [-0.25, -0.2) is 8.78 Å². The number of benzene rings is 1. The van der Waals surface area contributed by atoms with Gasteiger partial charge < -0.3 is 5.32 Å². The Morgan fingerprint density at radius 2 is 1.95 bits per heavy atom. The highest BCUT2D eigenvalue weighted by Gasteiger charge is 2.27. The third kappa shape index (κ3) is 3.12. The van der Waals surface area contributed by atoms with Crippen LogP contribution in [-0.4, -0.2) is 31.1 Å². The van der Waals surface area contributed by atoms with Crippen LogP contribution in [-0.2, 0) is 0 Å². The summed E-state index contributed by atoms with van der Waals surface area (Å²) < 4.78 is 28.4. The Balaban J connectivity index is 2.35. The van der Waals surface area contributed by atoms with Crippen LogP contribution in [0.5, 0.6) is 0 Å². The maximum Gasteiger partial charge on any atom is 0.133 e. The van der Waals surface area contributed by atoms with E-state index in [4.69, 9.17) is 0 Å². The number of hydrogen-bond donors (Lipinski definition) is 1. The molecule has 0 radical (unpaired) electrons. The molecule has 1 aliphatic rings. The van der Waals surface area contributed by atoms with E-state index in [0.29, 0.717) is 5.56 Å². The number of nitrogens with one attached hydrogen (secondary N) is 1. The van der Waals surface area contributed by atoms with Gasteiger partial charge in [0.1, 0.15) is 11.6 Å². The first-order valence-electron chi connectivity index (χ1n) is 7.04. The molecule has 0 amide bonds. The van der Waals surface area contributed by atoms with E-state index in [2.05, 4.69) is 17.1 Å². The molecule has 1 aromatic carbocycles. The predicted octanol–water partition coefficient (Wildman–Crippen LogP) is 3.02. The van der Waals surface area contributed by atoms with Crippen LogP contribution in [0.2, 0.25) is 0 Å². The highest BCUT2D eigenvalue weighted by Crippen LogP contribution is 2.31. The van der Waals surface area contributed by atoms with Crippen molar-refractivity contribution < 1.29 is 8.78 Å². The molecule has 0 saturated carbocycles. The van der Waals surface area contributed by atoms with Crippen molar-refractivity contribution in [2.75, 3.05) is 26.2 Å². The van der Waals surface area contributed by atoms with Crippen LogP contribution in [0.15, 0.2) is 12.1 Å². The second-order valence-electron chi connectivity index (χ2n) is 5.18. The van der Waals surface area contributed by atoms with Crippen LogP contribution in [0, 0.1) is 18.6 Å². The van der Waals surface area contributed by atoms with Crippen molar-refractivity contribution >= 4 is 0 Å². The average molecular weight is 268 g/mol. The molecule has 1 heterocycles. The van der Waals surface area contributed by atoms with Crippen LogP contribution >= 0.6 is 0 Å². The minimum atomic E-state index is -0.417. The molecule has 1 aromatic rings. The van der Waals surface area contributed by atoms with Crippen LogP contribution in [0.3, 0.4) is 0 Å². The molecule has 2 rings (SSSR count). The second-order valence-corrected chi connectivity index (χ2v) is 5.18. The van der Waals surface area contributed by atoms with E-state index in [1.807, 2.05) is 0 Å². The van der Waals surface area contributed by atoms with Gasteiger partial charge in [-0.15, -0.1) is 0 Å². The number of rotatable bonds is 4. The molecule has 19 heavy (non-hydrogen) atoms. The van der Waals surface area contributed by atoms with Crippen LogP contribution in [0.25, 0.3) is 0 Å². The molecule has 0 aliphatic carbocycles. The zero-order valence-electron chi connectivity index (χ0n) is 11.7. The summed E-state index contributed by atoms with van der Waals surface area (Å²) in [5.41, 5.74) is 0.774. The summed E-state index contributed by atoms with van der Waals surface area (Å²) >= 11 is 0. The number of halogens is 2. The summed E-state index contributed by atoms with van der Waals surface area (Å²) in [6, 6.07) is 2.75. The van der Waals surface area contributed by atoms with Gasteiger partial charge in [0.15, 0.2) is 0 Å². The van der Waals surface area contributed by atoms with E-state index in [0.717, 1.165) is 39.0 Å². The van der Waals surface area contributed by atoms with Crippen molar-refractivity contribution in [3.05, 3.63) is 34.9 Å². The molecular formula is C15H22F2N2. The van der Waals surface area contributed by atoms with Crippen molar-refractivity contribution in [2.45, 2.75) is 32.7 Å². The molecule has 1 N–H and O–H groups in total. The van der Waals surface area contributed by atoms with E-state index in [9.17, 15) is 8.78 Å². The highest BCUT2D eigenvalue weighted by molar-refractivity contribution is 5.29. The lowest BCUT2D eigenvalue weighted by molar-refractivity contribution is 0.158. The summed E-state index contributed by atoms with van der Waals surface area (Å²) in [4.78, 5) is 2.20. The van der Waals surface area contributed by atoms with Crippen molar-refractivity contribution in [3.63, 3.8) is 0 Å². The Bertz CT molecular complexity index is 428. The topological polar surface area (TPSA) is 15.3 Å². The molecule has 4 heteroatoms. The van der Waals surface area contributed by atoms with E-state index >= 15 is 0 Å². The van der Waals surface area contributed by atoms with E-state index in [1.165, 1.54) is 12.1 Å². The molecule has 0 bridgehead atoms. The van der Waals surface area contributed by atoms with Gasteiger partial charge in [0.05, 0.1) is 0 Å². The van der Waals surface area contributed by atoms with Crippen LogP contribution in [0.4, 0.5) is 8.78 Å². The lowest BCUT2D eigenvalue weighted by atomic mass is 9.97. The lowest BCUT2D eigenvalue weighted by Crippen LogP contribution is -2.45. The summed E-state index contributed by atoms with van der Waals surface area (Å²) in [7, 11) is 0. The first-order valence-corrected chi connectivity index (χ1v) is 7.04. The molecular weight excluding hydrogens is 246 g/mol. The van der Waals surface area contributed by atoms with Crippen molar-refractivity contribution in [1.82, 2.24) is 10.2 Å². The fourth-order valence-electron chi connectivity index (χ4n) is 2.76. The monoisotopic (exact) mass is 268 g/mol. The third-order valence-electron chi connectivity index (χ3n) is 3.81. The van der Waals surface area contributed by atoms with Crippen molar-refractivity contribution in [2.24, 2.45) is 0 Å². The van der Waals surface area contributed by atoms with E-state index in [1.54, 1.807) is 6.92 Å². The predicted molar refractivity (Wildman–Crippen MR) is 73.2 cm³/mol. The molecule has 0 aromatic heterocycles. The number of nitrogens with zero attached hydrogens (tertiary/aromatic N) is 1. The van der Waals surface area contributed by atoms with Gasteiger partial charge in [-0.05, 0) is 25.0 Å². The number of aryl methyl sites for hydroxylation is 1. The zero-order chi connectivity index (χ0) is 13.8. The minimum absolute atomic E-state index is 0.146.